The molecule has 1 saturated heterocycles. The Hall–Kier alpha value is -4.13. The predicted molar refractivity (Wildman–Crippen MR) is 173 cm³/mol. The molecule has 0 unspecified atom stereocenters. The molecule has 1 fully saturated rings. The van der Waals surface area contributed by atoms with E-state index in [4.69, 9.17) is 31.0 Å². The van der Waals surface area contributed by atoms with Crippen molar-refractivity contribution in [3.8, 4) is 39.6 Å². The van der Waals surface area contributed by atoms with Crippen molar-refractivity contribution in [2.75, 3.05) is 38.3 Å². The number of carbonyl (C=O) groups is 1. The fourth-order valence-corrected chi connectivity index (χ4v) is 6.35. The van der Waals surface area contributed by atoms with Gasteiger partial charge in [0.2, 0.25) is 0 Å². The van der Waals surface area contributed by atoms with Gasteiger partial charge in [-0.05, 0) is 50.2 Å². The maximum atomic E-state index is 11.8. The SMILES string of the molecule is CN[C@@H](C)C(=O)OCCOc1ccc(-c2c(C#N)c(SCc3csc(-c4ccc(Cl)cc4)n3)nc(N3CCC3)c2C#N)cc1. The minimum atomic E-state index is -0.393. The highest BCUT2D eigenvalue weighted by Crippen LogP contribution is 2.40. The van der Waals surface area contributed by atoms with Gasteiger partial charge >= 0.3 is 5.97 Å². The highest BCUT2D eigenvalue weighted by Gasteiger charge is 2.27. The summed E-state index contributed by atoms with van der Waals surface area (Å²) in [7, 11) is 1.69. The first-order chi connectivity index (χ1) is 21.4. The van der Waals surface area contributed by atoms with Crippen molar-refractivity contribution in [3.63, 3.8) is 0 Å². The molecular formula is C32H29ClN6O3S2. The summed E-state index contributed by atoms with van der Waals surface area (Å²) in [5, 5.41) is 27.5. The lowest BCUT2D eigenvalue weighted by Gasteiger charge is -2.33. The lowest BCUT2D eigenvalue weighted by atomic mass is 9.96. The van der Waals surface area contributed by atoms with E-state index in [1.165, 1.54) is 11.8 Å². The number of halogens is 1. The first-order valence-corrected chi connectivity index (χ1v) is 16.2. The van der Waals surface area contributed by atoms with Crippen molar-refractivity contribution in [2.24, 2.45) is 0 Å². The molecule has 0 saturated carbocycles. The lowest BCUT2D eigenvalue weighted by molar-refractivity contribution is -0.146. The lowest BCUT2D eigenvalue weighted by Crippen LogP contribution is -2.38. The van der Waals surface area contributed by atoms with Gasteiger partial charge in [0.25, 0.3) is 0 Å². The molecular weight excluding hydrogens is 616 g/mol. The van der Waals surface area contributed by atoms with E-state index in [-0.39, 0.29) is 19.2 Å². The molecule has 12 heteroatoms. The number of pyridine rings is 1. The van der Waals surface area contributed by atoms with Crippen LogP contribution in [0.3, 0.4) is 0 Å². The molecule has 0 amide bonds. The van der Waals surface area contributed by atoms with Gasteiger partial charge in [0.1, 0.15) is 58.6 Å². The summed E-state index contributed by atoms with van der Waals surface area (Å²) in [6.07, 6.45) is 1.02. The van der Waals surface area contributed by atoms with Crippen molar-refractivity contribution in [3.05, 3.63) is 75.8 Å². The van der Waals surface area contributed by atoms with E-state index in [1.807, 2.05) is 41.8 Å². The van der Waals surface area contributed by atoms with Crippen LogP contribution in [0.2, 0.25) is 5.02 Å². The van der Waals surface area contributed by atoms with Crippen molar-refractivity contribution >= 4 is 46.5 Å². The molecule has 44 heavy (non-hydrogen) atoms. The molecule has 1 aliphatic heterocycles. The third-order valence-corrected chi connectivity index (χ3v) is 9.25. The van der Waals surface area contributed by atoms with E-state index in [0.717, 1.165) is 35.8 Å². The van der Waals surface area contributed by atoms with E-state index in [0.29, 0.717) is 49.6 Å². The zero-order valence-electron chi connectivity index (χ0n) is 24.2. The molecule has 9 nitrogen and oxygen atoms in total. The number of thioether (sulfide) groups is 1. The van der Waals surface area contributed by atoms with Gasteiger partial charge in [-0.15, -0.1) is 11.3 Å². The standard InChI is InChI=1S/C32H29ClN6O3S2/c1-20(36-2)32(40)42-15-14-41-25-10-6-21(7-11-25)28-26(16-34)29(39-12-3-13-39)38-31(27(28)17-35)44-19-24-18-43-30(37-24)22-4-8-23(33)9-5-22/h4-11,18,20,36H,3,12-15,19H2,1-2H3/t20-/m0/s1. The van der Waals surface area contributed by atoms with E-state index in [1.54, 1.807) is 37.4 Å². The Morgan fingerprint density at radius 3 is 2.41 bits per heavy atom. The number of rotatable bonds is 12. The zero-order chi connectivity index (χ0) is 31.1. The number of nitrogens with zero attached hydrogens (tertiary/aromatic N) is 5. The highest BCUT2D eigenvalue weighted by molar-refractivity contribution is 7.98. The number of anilines is 1. The molecule has 0 radical (unpaired) electrons. The average molecular weight is 645 g/mol. The van der Waals surface area contributed by atoms with E-state index in [9.17, 15) is 15.3 Å². The smallest absolute Gasteiger partial charge is 0.322 e. The van der Waals surface area contributed by atoms with Gasteiger partial charge in [-0.25, -0.2) is 9.97 Å². The molecule has 3 heterocycles. The Balaban J connectivity index is 1.38. The highest BCUT2D eigenvalue weighted by atomic mass is 35.5. The van der Waals surface area contributed by atoms with Crippen molar-refractivity contribution in [2.45, 2.75) is 30.2 Å². The van der Waals surface area contributed by atoms with E-state index in [2.05, 4.69) is 22.4 Å². The number of carbonyl (C=O) groups excluding carboxylic acids is 1. The third-order valence-electron chi connectivity index (χ3n) is 7.05. The van der Waals surface area contributed by atoms with Crippen molar-refractivity contribution in [1.29, 1.82) is 10.5 Å². The minimum absolute atomic E-state index is 0.119. The largest absolute Gasteiger partial charge is 0.490 e. The summed E-state index contributed by atoms with van der Waals surface area (Å²) in [5.74, 6) is 1.34. The number of aromatic nitrogens is 2. The van der Waals surface area contributed by atoms with E-state index >= 15 is 0 Å². The van der Waals surface area contributed by atoms with Crippen LogP contribution in [0.15, 0.2) is 58.9 Å². The first-order valence-electron chi connectivity index (χ1n) is 13.9. The number of nitrogens with one attached hydrogen (secondary N) is 1. The Morgan fingerprint density at radius 1 is 1.07 bits per heavy atom. The number of esters is 1. The van der Waals surface area contributed by atoms with Gasteiger partial charge in [0, 0.05) is 40.4 Å². The fourth-order valence-electron chi connectivity index (χ4n) is 4.41. The molecule has 1 aliphatic rings. The van der Waals surface area contributed by atoms with Crippen LogP contribution in [0.1, 0.15) is 30.2 Å². The van der Waals surface area contributed by atoms with Crippen LogP contribution in [0.25, 0.3) is 21.7 Å². The molecule has 5 rings (SSSR count). The normalized spacial score (nSPS) is 13.0. The topological polar surface area (TPSA) is 124 Å². The van der Waals surface area contributed by atoms with Gasteiger partial charge < -0.3 is 19.7 Å². The van der Waals surface area contributed by atoms with Crippen LogP contribution in [0.4, 0.5) is 5.82 Å². The second-order valence-corrected chi connectivity index (χ2v) is 12.2. The number of likely N-dealkylation sites (N-methyl/N-ethyl adjacent to an activating group) is 1. The van der Waals surface area contributed by atoms with Crippen LogP contribution in [0.5, 0.6) is 5.75 Å². The van der Waals surface area contributed by atoms with Crippen molar-refractivity contribution < 1.29 is 14.3 Å². The maximum absolute atomic E-state index is 11.8. The Kier molecular flexibility index (Phi) is 10.4. The molecule has 2 aromatic carbocycles. The van der Waals surface area contributed by atoms with Gasteiger partial charge in [-0.1, -0.05) is 47.6 Å². The molecule has 0 spiro atoms. The quantitative estimate of drug-likeness (QED) is 0.107. The van der Waals surface area contributed by atoms with Crippen LogP contribution in [0, 0.1) is 22.7 Å². The van der Waals surface area contributed by atoms with Crippen molar-refractivity contribution in [1.82, 2.24) is 15.3 Å². The Labute approximate surface area is 269 Å². The number of hydrogen-bond donors (Lipinski definition) is 1. The summed E-state index contributed by atoms with van der Waals surface area (Å²) in [6.45, 7) is 3.64. The first kappa shape index (κ1) is 31.3. The van der Waals surface area contributed by atoms with Gasteiger partial charge in [-0.3, -0.25) is 4.79 Å². The molecule has 1 atom stereocenters. The molecule has 0 bridgehead atoms. The van der Waals surface area contributed by atoms with Crippen LogP contribution >= 0.6 is 34.7 Å². The number of thiazole rings is 1. The second kappa shape index (κ2) is 14.6. The second-order valence-electron chi connectivity index (χ2n) is 9.92. The van der Waals surface area contributed by atoms with Gasteiger partial charge in [0.15, 0.2) is 0 Å². The van der Waals surface area contributed by atoms with E-state index < -0.39 is 6.04 Å². The maximum Gasteiger partial charge on any atom is 0.322 e. The predicted octanol–water partition coefficient (Wildman–Crippen LogP) is 6.30. The number of ether oxygens (including phenoxy) is 2. The van der Waals surface area contributed by atoms with Crippen LogP contribution in [-0.4, -0.2) is 55.3 Å². The zero-order valence-corrected chi connectivity index (χ0v) is 26.6. The molecule has 224 valence electrons. The molecule has 0 aliphatic carbocycles. The molecule has 1 N–H and O–H groups in total. The number of benzene rings is 2. The number of nitriles is 2. The van der Waals surface area contributed by atoms with Gasteiger partial charge in [-0.2, -0.15) is 10.5 Å². The summed E-state index contributed by atoms with van der Waals surface area (Å²) in [4.78, 5) is 23.5. The third kappa shape index (κ3) is 7.15. The number of hydrogen-bond acceptors (Lipinski definition) is 11. The molecule has 4 aromatic rings. The monoisotopic (exact) mass is 644 g/mol. The Morgan fingerprint density at radius 2 is 1.77 bits per heavy atom. The summed E-state index contributed by atoms with van der Waals surface area (Å²) in [6, 6.07) is 19.0. The summed E-state index contributed by atoms with van der Waals surface area (Å²) < 4.78 is 10.9. The van der Waals surface area contributed by atoms with Crippen LogP contribution < -0.4 is 15.0 Å². The summed E-state index contributed by atoms with van der Waals surface area (Å²) in [5.41, 5.74) is 3.86. The Bertz CT molecular complexity index is 1710. The molecule has 2 aromatic heterocycles. The average Bonchev–Trinajstić information content (AvgIpc) is 3.50. The summed E-state index contributed by atoms with van der Waals surface area (Å²) >= 11 is 9.02. The fraction of sp³-hybridized carbons (Fsp3) is 0.281. The van der Waals surface area contributed by atoms with Crippen LogP contribution in [-0.2, 0) is 15.3 Å². The minimum Gasteiger partial charge on any atom is -0.490 e. The van der Waals surface area contributed by atoms with Gasteiger partial charge in [0.05, 0.1) is 11.3 Å².